The van der Waals surface area contributed by atoms with Crippen molar-refractivity contribution in [3.63, 3.8) is 0 Å². The molecule has 0 saturated heterocycles. The Morgan fingerprint density at radius 3 is 1.28 bits per heavy atom. The van der Waals surface area contributed by atoms with Gasteiger partial charge in [-0.25, -0.2) is 9.97 Å². The first-order valence-corrected chi connectivity index (χ1v) is 30.1. The quantitative estimate of drug-likeness (QED) is 0.166. The van der Waals surface area contributed by atoms with Crippen LogP contribution in [0.25, 0.3) is 154 Å². The van der Waals surface area contributed by atoms with Gasteiger partial charge in [-0.15, -0.1) is 0 Å². The molecule has 0 amide bonds. The van der Waals surface area contributed by atoms with E-state index in [2.05, 4.69) is 326 Å². The van der Waals surface area contributed by atoms with Crippen molar-refractivity contribution in [1.29, 1.82) is 0 Å². The predicted molar refractivity (Wildman–Crippen MR) is 366 cm³/mol. The Hall–Kier alpha value is -11.2. The van der Waals surface area contributed by atoms with Gasteiger partial charge in [-0.3, -0.25) is 4.57 Å². The minimum absolute atomic E-state index is 0.210. The third kappa shape index (κ3) is 7.99. The van der Waals surface area contributed by atoms with E-state index in [1.807, 2.05) is 0 Å². The number of aromatic nitrogens is 4. The third-order valence-electron chi connectivity index (χ3n) is 18.4. The summed E-state index contributed by atoms with van der Waals surface area (Å²) < 4.78 is 4.92. The number of para-hydroxylation sites is 3. The molecule has 16 aromatic rings. The average molecular weight is 1110 g/mol. The minimum atomic E-state index is -0.210. The first kappa shape index (κ1) is 50.3. The van der Waals surface area contributed by atoms with E-state index in [1.165, 1.54) is 27.8 Å². The van der Waals surface area contributed by atoms with Crippen molar-refractivity contribution in [1.82, 2.24) is 19.1 Å². The van der Waals surface area contributed by atoms with Crippen LogP contribution in [-0.4, -0.2) is 19.1 Å². The number of rotatable bonds is 6. The molecule has 0 unspecified atom stereocenters. The Balaban J connectivity index is 1.11. The second-order valence-electron chi connectivity index (χ2n) is 23.6. The normalized spacial score (nSPS) is 12.6. The fourth-order valence-electron chi connectivity index (χ4n) is 14.3. The SMILES string of the molecule is CC1(C)c2ccccc2-c2c(-n3c4ccccc4c4cccc5c6cc(-c7ccccc7)ccc6n(-c6nc(-c7ccc(-c8ccccc8)cc7)c7ccccc7n6)c6ccccc6c6cccc(c7cc(-c8ccccc8)ccc73)c6c54)cccc21. The maximum Gasteiger partial charge on any atom is 0.235 e. The van der Waals surface area contributed by atoms with Gasteiger partial charge < -0.3 is 4.57 Å². The van der Waals surface area contributed by atoms with Gasteiger partial charge in [-0.1, -0.05) is 269 Å². The average Bonchev–Trinajstić information content (AvgIpc) is 1.68. The zero-order valence-corrected chi connectivity index (χ0v) is 48.2. The lowest BCUT2D eigenvalue weighted by atomic mass is 9.82. The topological polar surface area (TPSA) is 35.6 Å². The van der Waals surface area contributed by atoms with Gasteiger partial charge in [0, 0.05) is 43.5 Å². The van der Waals surface area contributed by atoms with Crippen molar-refractivity contribution in [2.24, 2.45) is 0 Å². The second kappa shape index (κ2) is 20.0. The molecule has 0 fully saturated rings. The van der Waals surface area contributed by atoms with Crippen LogP contribution in [0.1, 0.15) is 25.0 Å². The van der Waals surface area contributed by atoms with E-state index >= 15 is 0 Å². The Bertz CT molecular complexity index is 5580. The van der Waals surface area contributed by atoms with Crippen molar-refractivity contribution in [2.75, 3.05) is 0 Å². The summed E-state index contributed by atoms with van der Waals surface area (Å²) >= 11 is 0. The highest BCUT2D eigenvalue weighted by molar-refractivity contribution is 6.34. The number of nitrogens with zero attached hydrogens (tertiary/aromatic N) is 4. The van der Waals surface area contributed by atoms with Gasteiger partial charge in [0.05, 0.1) is 39.0 Å². The molecule has 0 saturated carbocycles. The van der Waals surface area contributed by atoms with E-state index in [-0.39, 0.29) is 5.41 Å². The number of hydrogen-bond donors (Lipinski definition) is 0. The number of benzene rings is 13. The highest BCUT2D eigenvalue weighted by Gasteiger charge is 2.37. The molecule has 4 nitrogen and oxygen atoms in total. The van der Waals surface area contributed by atoms with E-state index < -0.39 is 0 Å². The van der Waals surface area contributed by atoms with E-state index in [0.29, 0.717) is 5.95 Å². The zero-order valence-electron chi connectivity index (χ0n) is 48.2. The predicted octanol–water partition coefficient (Wildman–Crippen LogP) is 21.9. The maximum absolute atomic E-state index is 5.77. The molecule has 4 heteroatoms. The van der Waals surface area contributed by atoms with Gasteiger partial charge in [-0.05, 0) is 131 Å². The van der Waals surface area contributed by atoms with Crippen molar-refractivity contribution in [2.45, 2.75) is 19.3 Å². The largest absolute Gasteiger partial charge is 0.309 e. The summed E-state index contributed by atoms with van der Waals surface area (Å²) in [6, 6.07) is 112. The van der Waals surface area contributed by atoms with Gasteiger partial charge in [0.15, 0.2) is 0 Å². The molecule has 87 heavy (non-hydrogen) atoms. The van der Waals surface area contributed by atoms with Crippen LogP contribution in [0.5, 0.6) is 0 Å². The molecule has 408 valence electrons. The molecule has 0 aliphatic heterocycles. The van der Waals surface area contributed by atoms with Crippen molar-refractivity contribution >= 4 is 86.8 Å². The molecule has 0 bridgehead atoms. The van der Waals surface area contributed by atoms with E-state index in [0.717, 1.165) is 132 Å². The molecule has 0 radical (unpaired) electrons. The highest BCUT2D eigenvalue weighted by Crippen LogP contribution is 2.52. The zero-order chi connectivity index (χ0) is 57.7. The lowest BCUT2D eigenvalue weighted by molar-refractivity contribution is 0.660. The molecule has 13 aromatic carbocycles. The lowest BCUT2D eigenvalue weighted by Gasteiger charge is -2.22. The van der Waals surface area contributed by atoms with Crippen LogP contribution in [0.3, 0.4) is 0 Å². The summed E-state index contributed by atoms with van der Waals surface area (Å²) in [6.45, 7) is 4.76. The van der Waals surface area contributed by atoms with Crippen LogP contribution in [-0.2, 0) is 5.41 Å². The Morgan fingerprint density at radius 2 is 0.678 bits per heavy atom. The molecule has 0 spiro atoms. The van der Waals surface area contributed by atoms with E-state index in [4.69, 9.17) is 9.97 Å². The molecule has 17 rings (SSSR count). The van der Waals surface area contributed by atoms with Crippen molar-refractivity contribution in [3.05, 3.63) is 314 Å². The summed E-state index contributed by atoms with van der Waals surface area (Å²) in [6.07, 6.45) is 0. The first-order chi connectivity index (χ1) is 42.9. The van der Waals surface area contributed by atoms with Crippen LogP contribution in [0.15, 0.2) is 303 Å². The molecular formula is C83H56N4. The van der Waals surface area contributed by atoms with Crippen LogP contribution in [0.2, 0.25) is 0 Å². The van der Waals surface area contributed by atoms with Gasteiger partial charge in [0.25, 0.3) is 0 Å². The molecular weight excluding hydrogens is 1050 g/mol. The van der Waals surface area contributed by atoms with Crippen LogP contribution >= 0.6 is 0 Å². The Kier molecular flexibility index (Phi) is 11.6. The van der Waals surface area contributed by atoms with Crippen LogP contribution in [0, 0.1) is 0 Å². The van der Waals surface area contributed by atoms with Gasteiger partial charge in [0.1, 0.15) is 0 Å². The molecule has 1 aliphatic carbocycles. The van der Waals surface area contributed by atoms with Crippen LogP contribution < -0.4 is 0 Å². The first-order valence-electron chi connectivity index (χ1n) is 30.1. The summed E-state index contributed by atoms with van der Waals surface area (Å²) in [5.74, 6) is 0.578. The Morgan fingerprint density at radius 1 is 0.276 bits per heavy atom. The van der Waals surface area contributed by atoms with Gasteiger partial charge in [-0.2, -0.15) is 0 Å². The van der Waals surface area contributed by atoms with Gasteiger partial charge in [0.2, 0.25) is 5.95 Å². The maximum atomic E-state index is 5.77. The lowest BCUT2D eigenvalue weighted by Crippen LogP contribution is -2.15. The fourth-order valence-corrected chi connectivity index (χ4v) is 14.3. The number of hydrogen-bond acceptors (Lipinski definition) is 2. The van der Waals surface area contributed by atoms with Gasteiger partial charge >= 0.3 is 0 Å². The smallest absolute Gasteiger partial charge is 0.235 e. The monoisotopic (exact) mass is 1110 g/mol. The van der Waals surface area contributed by atoms with Crippen molar-refractivity contribution in [3.8, 4) is 67.4 Å². The molecule has 0 atom stereocenters. The van der Waals surface area contributed by atoms with E-state index in [9.17, 15) is 0 Å². The summed E-state index contributed by atoms with van der Waals surface area (Å²) in [5, 5.41) is 12.1. The summed E-state index contributed by atoms with van der Waals surface area (Å²) in [4.78, 5) is 11.4. The molecule has 3 aromatic heterocycles. The molecule has 0 N–H and O–H groups in total. The molecule has 3 heterocycles. The van der Waals surface area contributed by atoms with E-state index in [1.54, 1.807) is 0 Å². The summed E-state index contributed by atoms with van der Waals surface area (Å²) in [7, 11) is 0. The second-order valence-corrected chi connectivity index (χ2v) is 23.6. The fraction of sp³-hybridized carbons (Fsp3) is 0.0361. The highest BCUT2D eigenvalue weighted by atomic mass is 15.2. The number of fused-ring (bicyclic) bond motifs is 12. The van der Waals surface area contributed by atoms with Crippen LogP contribution in [0.4, 0.5) is 0 Å². The minimum Gasteiger partial charge on any atom is -0.309 e. The molecule has 1 aliphatic rings. The summed E-state index contributed by atoms with van der Waals surface area (Å²) in [5.41, 5.74) is 19.9. The Labute approximate surface area is 504 Å². The third-order valence-corrected chi connectivity index (χ3v) is 18.4. The van der Waals surface area contributed by atoms with Crippen molar-refractivity contribution < 1.29 is 0 Å². The standard InChI is InChI=1S/C83H56N4/c1-83(2)70-37-16-12-31-66(70)80-71(83)38-22-42-77(80)86-73-40-18-14-29-60(73)62-33-20-36-65-69-52-59(55-27-10-5-11-28-55)48-50-76(69)87(82-84-72-39-17-13-32-67(72)81(85-82)57-45-43-56(44-46-57)53-23-6-3-7-24-53)74-41-19-15-30-61(74)63-34-21-35-64(79(63)78(62)65)68-51-58(47-49-75(68)86)54-25-8-4-9-26-54/h3-52H,1-2H3.